The van der Waals surface area contributed by atoms with E-state index in [-0.39, 0.29) is 6.61 Å². The monoisotopic (exact) mass is 386 g/mol. The maximum absolute atomic E-state index is 13.0. The van der Waals surface area contributed by atoms with Crippen LogP contribution in [0, 0.1) is 0 Å². The zero-order valence-electron chi connectivity index (χ0n) is 13.8. The van der Waals surface area contributed by atoms with Crippen molar-refractivity contribution >= 4 is 20.3 Å². The molecule has 0 aromatic carbocycles. The predicted molar refractivity (Wildman–Crippen MR) is 83.3 cm³/mol. The van der Waals surface area contributed by atoms with Gasteiger partial charge < -0.3 is 33.7 Å². The van der Waals surface area contributed by atoms with Crippen LogP contribution < -0.4 is 0 Å². The molecule has 3 rings (SSSR count). The summed E-state index contributed by atoms with van der Waals surface area (Å²) in [4.78, 5) is 0. The lowest BCUT2D eigenvalue weighted by atomic mass is 10.0. The van der Waals surface area contributed by atoms with Crippen molar-refractivity contribution in [1.82, 2.24) is 0 Å². The van der Waals surface area contributed by atoms with Crippen molar-refractivity contribution in [3.8, 4) is 0 Å². The van der Waals surface area contributed by atoms with Crippen molar-refractivity contribution in [2.24, 2.45) is 0 Å². The fourth-order valence-corrected chi connectivity index (χ4v) is 5.52. The topological polar surface area (TPSA) is 113 Å². The molecule has 3 saturated heterocycles. The van der Waals surface area contributed by atoms with Gasteiger partial charge in [0.2, 0.25) is 6.03 Å². The Morgan fingerprint density at radius 2 is 1.75 bits per heavy atom. The first kappa shape index (κ1) is 19.0. The zero-order valence-corrected chi connectivity index (χ0v) is 15.6. The highest BCUT2D eigenvalue weighted by molar-refractivity contribution is 7.75. The van der Waals surface area contributed by atoms with Crippen LogP contribution in [0.3, 0.4) is 0 Å². The Morgan fingerprint density at radius 3 is 2.29 bits per heavy atom. The van der Waals surface area contributed by atoms with Crippen LogP contribution in [0.5, 0.6) is 0 Å². The van der Waals surface area contributed by atoms with Crippen LogP contribution in [0.15, 0.2) is 0 Å². The third-order valence-electron chi connectivity index (χ3n) is 4.24. The Hall–Kier alpha value is 0.260. The van der Waals surface area contributed by atoms with E-state index in [1.54, 1.807) is 27.7 Å². The lowest BCUT2D eigenvalue weighted by Crippen LogP contribution is -2.55. The lowest BCUT2D eigenvalue weighted by Gasteiger charge is -2.42. The van der Waals surface area contributed by atoms with E-state index in [1.165, 1.54) is 0 Å². The fourth-order valence-electron chi connectivity index (χ4n) is 3.22. The Labute approximate surface area is 145 Å². The molecule has 3 aliphatic heterocycles. The number of fused-ring (bicyclic) bond motifs is 1. The maximum Gasteiger partial charge on any atom is 0.289 e. The molecule has 0 amide bonds. The Bertz CT molecular complexity index is 542. The maximum atomic E-state index is 13.0. The van der Waals surface area contributed by atoms with Crippen molar-refractivity contribution in [3.05, 3.63) is 0 Å². The molecule has 0 bridgehead atoms. The van der Waals surface area contributed by atoms with Gasteiger partial charge in [0, 0.05) is 0 Å². The van der Waals surface area contributed by atoms with Gasteiger partial charge >= 0.3 is 0 Å². The van der Waals surface area contributed by atoms with Gasteiger partial charge in [-0.3, -0.25) is 8.75 Å². The largest absolute Gasteiger partial charge is 0.380 e. The summed E-state index contributed by atoms with van der Waals surface area (Å²) in [5, 5.41) is 20.4. The average Bonchev–Trinajstić information content (AvgIpc) is 3.01. The van der Waals surface area contributed by atoms with Gasteiger partial charge in [-0.25, -0.2) is 0 Å². The number of ether oxygens (including phenoxy) is 4. The van der Waals surface area contributed by atoms with Crippen molar-refractivity contribution in [3.63, 3.8) is 0 Å². The van der Waals surface area contributed by atoms with Crippen LogP contribution in [0.4, 0.5) is 0 Å². The molecule has 0 aromatic rings. The highest BCUT2D eigenvalue weighted by Gasteiger charge is 2.64. The summed E-state index contributed by atoms with van der Waals surface area (Å²) in [5.74, 6) is -3.48. The van der Waals surface area contributed by atoms with E-state index in [0.717, 1.165) is 0 Å². The molecule has 3 fully saturated rings. The van der Waals surface area contributed by atoms with Crippen LogP contribution in [0.2, 0.25) is 0 Å². The van der Waals surface area contributed by atoms with Crippen molar-refractivity contribution in [2.45, 2.75) is 75.6 Å². The number of thiol groups is 1. The van der Waals surface area contributed by atoms with E-state index >= 15 is 0 Å². The minimum Gasteiger partial charge on any atom is -0.380 e. The third-order valence-corrected chi connectivity index (χ3v) is 6.93. The summed E-state index contributed by atoms with van der Waals surface area (Å²) in [6, 6.07) is -1.91. The summed E-state index contributed by atoms with van der Waals surface area (Å²) in [6.45, 7) is 6.99. The molecular weight excluding hydrogens is 363 g/mol. The number of aliphatic hydroxyl groups excluding tert-OH is 2. The van der Waals surface area contributed by atoms with Crippen LogP contribution in [0.25, 0.3) is 0 Å². The van der Waals surface area contributed by atoms with Crippen molar-refractivity contribution in [1.29, 1.82) is 0 Å². The number of aliphatic hydroxyl groups is 2. The molecular formula is C13H23O9PS. The van der Waals surface area contributed by atoms with Crippen LogP contribution >= 0.6 is 20.3 Å². The normalized spacial score (nSPS) is 48.2. The molecule has 7 atom stereocenters. The Balaban J connectivity index is 1.93. The Kier molecular flexibility index (Phi) is 4.88. The van der Waals surface area contributed by atoms with E-state index in [0.29, 0.717) is 0 Å². The second kappa shape index (κ2) is 6.16. The molecule has 3 heterocycles. The van der Waals surface area contributed by atoms with Gasteiger partial charge in [0.05, 0.1) is 6.61 Å². The number of rotatable bonds is 3. The van der Waals surface area contributed by atoms with Gasteiger partial charge in [-0.1, -0.05) is 0 Å². The van der Waals surface area contributed by atoms with Crippen LogP contribution in [-0.2, 0) is 32.2 Å². The summed E-state index contributed by atoms with van der Waals surface area (Å²) in [6.07, 6.45) is -3.22. The van der Waals surface area contributed by atoms with Gasteiger partial charge in [-0.2, -0.15) is 0 Å². The highest BCUT2D eigenvalue weighted by atomic mass is 32.1. The fraction of sp³-hybridized carbons (Fsp3) is 1.00. The number of hydrogen-bond acceptors (Lipinski definition) is 10. The molecule has 9 nitrogen and oxygen atoms in total. The number of hydrogen-bond donors (Lipinski definition) is 3. The molecule has 0 radical (unpaired) electrons. The van der Waals surface area contributed by atoms with Crippen molar-refractivity contribution < 1.29 is 42.4 Å². The van der Waals surface area contributed by atoms with Gasteiger partial charge in [0.25, 0.3) is 7.37 Å². The van der Waals surface area contributed by atoms with Gasteiger partial charge in [0.15, 0.2) is 17.4 Å². The standard InChI is InChI=1S/C13H23O9PS/c1-12(2)17-5-6(18-12)7-8-9(20-13(3,4)19-8)10(14)23(16,21-7)11(15)22-24/h6-11,14-15,24H,5H2,1-4H3. The van der Waals surface area contributed by atoms with E-state index < -0.39 is 55.2 Å². The smallest absolute Gasteiger partial charge is 0.289 e. The highest BCUT2D eigenvalue weighted by Crippen LogP contribution is 2.63. The predicted octanol–water partition coefficient (Wildman–Crippen LogP) is 0.791. The molecule has 0 saturated carbocycles. The second-order valence-electron chi connectivity index (χ2n) is 6.99. The van der Waals surface area contributed by atoms with E-state index in [9.17, 15) is 14.8 Å². The van der Waals surface area contributed by atoms with E-state index in [1.807, 2.05) is 0 Å². The zero-order chi connectivity index (χ0) is 17.9. The third kappa shape index (κ3) is 3.18. The summed E-state index contributed by atoms with van der Waals surface area (Å²) in [5.41, 5.74) is 0. The Morgan fingerprint density at radius 1 is 1.12 bits per heavy atom. The minimum absolute atomic E-state index is 0.179. The van der Waals surface area contributed by atoms with Gasteiger partial charge in [0.1, 0.15) is 24.4 Å². The molecule has 0 spiro atoms. The molecule has 24 heavy (non-hydrogen) atoms. The first-order valence-corrected chi connectivity index (χ1v) is 9.73. The lowest BCUT2D eigenvalue weighted by molar-refractivity contribution is -0.175. The first-order valence-electron chi connectivity index (χ1n) is 7.61. The van der Waals surface area contributed by atoms with Crippen molar-refractivity contribution in [2.75, 3.05) is 6.61 Å². The van der Waals surface area contributed by atoms with Crippen LogP contribution in [-0.4, -0.2) is 64.7 Å². The summed E-state index contributed by atoms with van der Waals surface area (Å²) >= 11 is 3.48. The quantitative estimate of drug-likeness (QED) is 0.280. The van der Waals surface area contributed by atoms with Gasteiger partial charge in [-0.05, 0) is 40.6 Å². The summed E-state index contributed by atoms with van der Waals surface area (Å²) < 4.78 is 45.9. The SMILES string of the molecule is CC1(C)OCC(C2OP(=O)(C(O)OS)C(O)C3OC(C)(C)OC23)O1. The van der Waals surface area contributed by atoms with E-state index in [2.05, 4.69) is 17.1 Å². The average molecular weight is 386 g/mol. The van der Waals surface area contributed by atoms with E-state index in [4.69, 9.17) is 23.5 Å². The second-order valence-corrected chi connectivity index (χ2v) is 9.68. The molecule has 140 valence electrons. The molecule has 11 heteroatoms. The van der Waals surface area contributed by atoms with Crippen LogP contribution in [0.1, 0.15) is 27.7 Å². The summed E-state index contributed by atoms with van der Waals surface area (Å²) in [7, 11) is -4.10. The molecule has 2 N–H and O–H groups in total. The first-order chi connectivity index (χ1) is 11.0. The molecule has 0 aliphatic carbocycles. The minimum atomic E-state index is -4.10. The van der Waals surface area contributed by atoms with Gasteiger partial charge in [-0.15, -0.1) is 0 Å². The molecule has 3 aliphatic rings. The molecule has 0 aromatic heterocycles. The molecule has 7 unspecified atom stereocenters.